The first-order valence-corrected chi connectivity index (χ1v) is 13.1. The maximum absolute atomic E-state index is 11.8. The first kappa shape index (κ1) is 27.8. The number of benzene rings is 1. The fraction of sp³-hybridized carbons (Fsp3) is 0.741. The fourth-order valence-electron chi connectivity index (χ4n) is 3.79. The number of hydrogen-bond donors (Lipinski definition) is 0. The van der Waals surface area contributed by atoms with Crippen LogP contribution in [0.2, 0.25) is 5.02 Å². The fourth-order valence-corrected chi connectivity index (χ4v) is 4.02. The van der Waals surface area contributed by atoms with Crippen molar-refractivity contribution in [2.75, 3.05) is 13.2 Å². The Morgan fingerprint density at radius 2 is 1.26 bits per heavy atom. The summed E-state index contributed by atoms with van der Waals surface area (Å²) in [6, 6.07) is 5.35. The van der Waals surface area contributed by atoms with Crippen molar-refractivity contribution in [1.82, 2.24) is 0 Å². The van der Waals surface area contributed by atoms with Crippen LogP contribution in [0, 0.1) is 6.92 Å². The van der Waals surface area contributed by atoms with E-state index in [0.717, 1.165) is 18.4 Å². The Kier molecular flexibility index (Phi) is 17.5. The average molecular weight is 453 g/mol. The van der Waals surface area contributed by atoms with E-state index in [1.807, 2.05) is 13.0 Å². The molecule has 0 fully saturated rings. The van der Waals surface area contributed by atoms with Gasteiger partial charge < -0.3 is 9.47 Å². The molecule has 0 aliphatic rings. The van der Waals surface area contributed by atoms with Crippen LogP contribution in [-0.2, 0) is 9.53 Å². The van der Waals surface area contributed by atoms with Crippen LogP contribution in [0.4, 0.5) is 0 Å². The van der Waals surface area contributed by atoms with E-state index in [9.17, 15) is 4.79 Å². The van der Waals surface area contributed by atoms with Crippen LogP contribution in [0.15, 0.2) is 18.2 Å². The van der Waals surface area contributed by atoms with Crippen molar-refractivity contribution >= 4 is 17.6 Å². The number of carbonyl (C=O) groups is 1. The Hall–Kier alpha value is -1.22. The van der Waals surface area contributed by atoms with E-state index in [2.05, 4.69) is 6.92 Å². The van der Waals surface area contributed by atoms with Crippen molar-refractivity contribution in [3.63, 3.8) is 0 Å². The first-order valence-electron chi connectivity index (χ1n) is 12.7. The first-order chi connectivity index (χ1) is 15.1. The topological polar surface area (TPSA) is 35.5 Å². The summed E-state index contributed by atoms with van der Waals surface area (Å²) in [6.45, 7) is 4.62. The van der Waals surface area contributed by atoms with Crippen LogP contribution in [0.1, 0.15) is 115 Å². The van der Waals surface area contributed by atoms with Gasteiger partial charge in [-0.3, -0.25) is 0 Å². The third kappa shape index (κ3) is 16.1. The lowest BCUT2D eigenvalue weighted by Gasteiger charge is -2.09. The number of unbranched alkanes of at least 4 members (excludes halogenated alkanes) is 15. The second-order valence-electron chi connectivity index (χ2n) is 8.72. The molecule has 0 N–H and O–H groups in total. The molecule has 0 radical (unpaired) electrons. The predicted molar refractivity (Wildman–Crippen MR) is 132 cm³/mol. The molecule has 1 aromatic rings. The maximum Gasteiger partial charge on any atom is 0.344 e. The molecule has 0 atom stereocenters. The molecular formula is C27H45ClO3. The molecule has 0 aliphatic heterocycles. The summed E-state index contributed by atoms with van der Waals surface area (Å²) in [5.41, 5.74) is 0.915. The van der Waals surface area contributed by atoms with Gasteiger partial charge in [0.05, 0.1) is 6.61 Å². The molecule has 31 heavy (non-hydrogen) atoms. The zero-order valence-electron chi connectivity index (χ0n) is 20.1. The van der Waals surface area contributed by atoms with E-state index in [4.69, 9.17) is 21.1 Å². The minimum absolute atomic E-state index is 0.0542. The molecule has 0 heterocycles. The van der Waals surface area contributed by atoms with E-state index in [0.29, 0.717) is 17.4 Å². The zero-order chi connectivity index (χ0) is 22.6. The number of aryl methyl sites for hydroxylation is 1. The Morgan fingerprint density at radius 1 is 0.774 bits per heavy atom. The Bertz CT molecular complexity index is 574. The minimum Gasteiger partial charge on any atom is -0.482 e. The van der Waals surface area contributed by atoms with Crippen LogP contribution < -0.4 is 4.74 Å². The van der Waals surface area contributed by atoms with E-state index in [1.165, 1.54) is 89.9 Å². The summed E-state index contributed by atoms with van der Waals surface area (Å²) in [4.78, 5) is 11.8. The van der Waals surface area contributed by atoms with Crippen LogP contribution in [-0.4, -0.2) is 19.2 Å². The molecule has 0 spiro atoms. The SMILES string of the molecule is CCCCCCCCCCCCCCCCCCOC(=O)COc1ccc(Cl)cc1C. The second kappa shape index (κ2) is 19.5. The third-order valence-corrected chi connectivity index (χ3v) is 5.98. The van der Waals surface area contributed by atoms with Gasteiger partial charge in [0.15, 0.2) is 6.61 Å². The van der Waals surface area contributed by atoms with Gasteiger partial charge >= 0.3 is 5.97 Å². The lowest BCUT2D eigenvalue weighted by Crippen LogP contribution is -2.15. The lowest BCUT2D eigenvalue weighted by molar-refractivity contribution is -0.146. The number of esters is 1. The van der Waals surface area contributed by atoms with Gasteiger partial charge in [-0.25, -0.2) is 4.79 Å². The van der Waals surface area contributed by atoms with Crippen molar-refractivity contribution in [1.29, 1.82) is 0 Å². The summed E-state index contributed by atoms with van der Waals surface area (Å²) in [6.07, 6.45) is 21.4. The molecule has 0 amide bonds. The molecule has 4 heteroatoms. The smallest absolute Gasteiger partial charge is 0.344 e. The van der Waals surface area contributed by atoms with Crippen molar-refractivity contribution in [2.45, 2.75) is 117 Å². The van der Waals surface area contributed by atoms with Gasteiger partial charge in [0.2, 0.25) is 0 Å². The molecule has 0 saturated heterocycles. The molecule has 0 saturated carbocycles. The summed E-state index contributed by atoms with van der Waals surface area (Å²) >= 11 is 5.92. The second-order valence-corrected chi connectivity index (χ2v) is 9.16. The lowest BCUT2D eigenvalue weighted by atomic mass is 10.0. The highest BCUT2D eigenvalue weighted by molar-refractivity contribution is 6.30. The summed E-state index contributed by atoms with van der Waals surface area (Å²) in [7, 11) is 0. The van der Waals surface area contributed by atoms with Gasteiger partial charge in [-0.1, -0.05) is 115 Å². The molecule has 0 aliphatic carbocycles. The quantitative estimate of drug-likeness (QED) is 0.146. The number of ether oxygens (including phenoxy) is 2. The Morgan fingerprint density at radius 3 is 1.74 bits per heavy atom. The van der Waals surface area contributed by atoms with Crippen molar-refractivity contribution in [3.8, 4) is 5.75 Å². The highest BCUT2D eigenvalue weighted by atomic mass is 35.5. The largest absolute Gasteiger partial charge is 0.482 e. The van der Waals surface area contributed by atoms with Crippen LogP contribution in [0.25, 0.3) is 0 Å². The Balaban J connectivity index is 1.81. The molecule has 0 bridgehead atoms. The minimum atomic E-state index is -0.310. The average Bonchev–Trinajstić information content (AvgIpc) is 2.75. The van der Waals surface area contributed by atoms with Crippen molar-refractivity contribution in [3.05, 3.63) is 28.8 Å². The normalized spacial score (nSPS) is 10.9. The molecule has 1 rings (SSSR count). The molecule has 0 unspecified atom stereocenters. The van der Waals surface area contributed by atoms with Crippen LogP contribution in [0.5, 0.6) is 5.75 Å². The number of halogens is 1. The number of carbonyl (C=O) groups excluding carboxylic acids is 1. The molecule has 1 aromatic carbocycles. The Labute approximate surface area is 196 Å². The number of hydrogen-bond acceptors (Lipinski definition) is 3. The van der Waals surface area contributed by atoms with Crippen molar-refractivity contribution in [2.24, 2.45) is 0 Å². The van der Waals surface area contributed by atoms with Gasteiger partial charge in [0.1, 0.15) is 5.75 Å². The van der Waals surface area contributed by atoms with Crippen LogP contribution in [0.3, 0.4) is 0 Å². The van der Waals surface area contributed by atoms with E-state index >= 15 is 0 Å². The van der Waals surface area contributed by atoms with Gasteiger partial charge in [-0.05, 0) is 37.1 Å². The molecule has 178 valence electrons. The monoisotopic (exact) mass is 452 g/mol. The summed E-state index contributed by atoms with van der Waals surface area (Å²) < 4.78 is 10.8. The standard InChI is InChI=1S/C27H45ClO3/c1-3-4-5-6-7-8-9-10-11-12-13-14-15-16-17-18-21-30-27(29)23-31-26-20-19-25(28)22-24(26)2/h19-20,22H,3-18,21,23H2,1-2H3. The van der Waals surface area contributed by atoms with E-state index < -0.39 is 0 Å². The summed E-state index contributed by atoms with van der Waals surface area (Å²) in [5.74, 6) is 0.360. The maximum atomic E-state index is 11.8. The zero-order valence-corrected chi connectivity index (χ0v) is 20.8. The number of rotatable bonds is 20. The van der Waals surface area contributed by atoms with Crippen molar-refractivity contribution < 1.29 is 14.3 Å². The molecule has 3 nitrogen and oxygen atoms in total. The van der Waals surface area contributed by atoms with Crippen LogP contribution >= 0.6 is 11.6 Å². The highest BCUT2D eigenvalue weighted by Crippen LogP contribution is 2.21. The van der Waals surface area contributed by atoms with Gasteiger partial charge in [-0.2, -0.15) is 0 Å². The van der Waals surface area contributed by atoms with E-state index in [-0.39, 0.29) is 12.6 Å². The highest BCUT2D eigenvalue weighted by Gasteiger charge is 2.06. The molecular weight excluding hydrogens is 408 g/mol. The third-order valence-electron chi connectivity index (χ3n) is 5.74. The summed E-state index contributed by atoms with van der Waals surface area (Å²) in [5, 5.41) is 0.663. The van der Waals surface area contributed by atoms with Gasteiger partial charge in [0, 0.05) is 5.02 Å². The van der Waals surface area contributed by atoms with Gasteiger partial charge in [0.25, 0.3) is 0 Å². The van der Waals surface area contributed by atoms with E-state index in [1.54, 1.807) is 12.1 Å². The molecule has 0 aromatic heterocycles. The van der Waals surface area contributed by atoms with Gasteiger partial charge in [-0.15, -0.1) is 0 Å². The predicted octanol–water partition coefficient (Wildman–Crippen LogP) is 8.83.